The SMILES string of the molecule is COc1ccc(Cn2nnn(CC(=O)N[C@](C)(CC(=O)c3ccc(C)cc3)C3CCC(OCCCC(F)(F)F)CC3)c2=O)cc1. The first-order chi connectivity index (χ1) is 21.3. The Morgan fingerprint density at radius 1 is 0.978 bits per heavy atom. The Hall–Kier alpha value is -4.00. The smallest absolute Gasteiger partial charge is 0.389 e. The molecular weight excluding hydrogens is 591 g/mol. The molecule has 45 heavy (non-hydrogen) atoms. The molecule has 2 aromatic carbocycles. The number of alkyl halides is 3. The predicted octanol–water partition coefficient (Wildman–Crippen LogP) is 4.87. The number of ether oxygens (including phenoxy) is 2. The van der Waals surface area contributed by atoms with Gasteiger partial charge in [0.25, 0.3) is 0 Å². The number of aromatic nitrogens is 4. The van der Waals surface area contributed by atoms with Crippen LogP contribution in [0.5, 0.6) is 5.75 Å². The molecule has 1 heterocycles. The Morgan fingerprint density at radius 3 is 2.24 bits per heavy atom. The molecule has 1 N–H and O–H groups in total. The topological polar surface area (TPSA) is 117 Å². The number of amides is 1. The number of nitrogens with zero attached hydrogens (tertiary/aromatic N) is 4. The molecule has 1 fully saturated rings. The first-order valence-electron chi connectivity index (χ1n) is 15.1. The Kier molecular flexibility index (Phi) is 11.2. The molecule has 0 radical (unpaired) electrons. The maximum atomic E-state index is 13.4. The number of carbonyl (C=O) groups is 2. The number of tetrazole rings is 1. The van der Waals surface area contributed by atoms with Gasteiger partial charge in [-0.2, -0.15) is 22.5 Å². The predicted molar refractivity (Wildman–Crippen MR) is 160 cm³/mol. The van der Waals surface area contributed by atoms with Crippen molar-refractivity contribution in [2.75, 3.05) is 13.7 Å². The van der Waals surface area contributed by atoms with E-state index in [9.17, 15) is 27.6 Å². The molecular formula is C32H40F3N5O5. The Bertz CT molecular complexity index is 1480. The first-order valence-corrected chi connectivity index (χ1v) is 15.1. The van der Waals surface area contributed by atoms with E-state index in [1.165, 1.54) is 0 Å². The molecule has 1 amide bonds. The lowest BCUT2D eigenvalue weighted by Gasteiger charge is -2.42. The monoisotopic (exact) mass is 631 g/mol. The summed E-state index contributed by atoms with van der Waals surface area (Å²) in [7, 11) is 1.56. The molecule has 13 heteroatoms. The van der Waals surface area contributed by atoms with Gasteiger partial charge in [0.15, 0.2) is 5.78 Å². The number of rotatable bonds is 14. The molecule has 1 aliphatic carbocycles. The second kappa shape index (κ2) is 14.9. The van der Waals surface area contributed by atoms with Crippen molar-refractivity contribution < 1.29 is 32.2 Å². The fraction of sp³-hybridized carbons (Fsp3) is 0.531. The third kappa shape index (κ3) is 9.74. The highest BCUT2D eigenvalue weighted by Crippen LogP contribution is 2.37. The normalized spacial score (nSPS) is 18.3. The van der Waals surface area contributed by atoms with E-state index in [-0.39, 0.29) is 50.3 Å². The van der Waals surface area contributed by atoms with E-state index in [1.54, 1.807) is 43.5 Å². The van der Waals surface area contributed by atoms with Gasteiger partial charge in [0.1, 0.15) is 12.3 Å². The molecule has 0 saturated heterocycles. The third-order valence-electron chi connectivity index (χ3n) is 8.34. The molecule has 1 atom stereocenters. The molecule has 1 saturated carbocycles. The number of hydrogen-bond acceptors (Lipinski definition) is 7. The fourth-order valence-electron chi connectivity index (χ4n) is 5.76. The Labute approximate surface area is 259 Å². The lowest BCUT2D eigenvalue weighted by Crippen LogP contribution is -2.55. The summed E-state index contributed by atoms with van der Waals surface area (Å²) in [5, 5.41) is 10.8. The van der Waals surface area contributed by atoms with Gasteiger partial charge in [-0.05, 0) is 80.0 Å². The summed E-state index contributed by atoms with van der Waals surface area (Å²) in [6.45, 7) is 3.57. The molecule has 0 aliphatic heterocycles. The number of hydrogen-bond donors (Lipinski definition) is 1. The average molecular weight is 632 g/mol. The molecule has 0 unspecified atom stereocenters. The minimum atomic E-state index is -4.21. The molecule has 0 bridgehead atoms. The van der Waals surface area contributed by atoms with Crippen LogP contribution in [0.15, 0.2) is 53.3 Å². The second-order valence-corrected chi connectivity index (χ2v) is 11.9. The second-order valence-electron chi connectivity index (χ2n) is 11.9. The average Bonchev–Trinajstić information content (AvgIpc) is 3.33. The van der Waals surface area contributed by atoms with E-state index in [0.717, 1.165) is 20.5 Å². The van der Waals surface area contributed by atoms with Crippen molar-refractivity contribution >= 4 is 11.7 Å². The van der Waals surface area contributed by atoms with Crippen LogP contribution in [0.3, 0.4) is 0 Å². The van der Waals surface area contributed by atoms with Crippen molar-refractivity contribution in [3.8, 4) is 5.75 Å². The number of aryl methyl sites for hydroxylation is 1. The highest BCUT2D eigenvalue weighted by atomic mass is 19.4. The quantitative estimate of drug-likeness (QED) is 0.199. The van der Waals surface area contributed by atoms with Gasteiger partial charge in [-0.25, -0.2) is 4.79 Å². The van der Waals surface area contributed by atoms with Crippen LogP contribution in [0.1, 0.15) is 73.4 Å². The van der Waals surface area contributed by atoms with Crippen LogP contribution in [0, 0.1) is 12.8 Å². The molecule has 3 aromatic rings. The van der Waals surface area contributed by atoms with Crippen molar-refractivity contribution in [1.29, 1.82) is 0 Å². The van der Waals surface area contributed by atoms with Gasteiger partial charge in [-0.1, -0.05) is 42.0 Å². The van der Waals surface area contributed by atoms with E-state index in [1.807, 2.05) is 26.0 Å². The lowest BCUT2D eigenvalue weighted by atomic mass is 9.72. The zero-order valence-corrected chi connectivity index (χ0v) is 25.8. The van der Waals surface area contributed by atoms with E-state index >= 15 is 0 Å². The first kappa shape index (κ1) is 33.9. The molecule has 1 aliphatic rings. The van der Waals surface area contributed by atoms with Crippen LogP contribution in [-0.4, -0.2) is 63.0 Å². The Morgan fingerprint density at radius 2 is 1.62 bits per heavy atom. The van der Waals surface area contributed by atoms with Gasteiger partial charge in [0.05, 0.1) is 19.8 Å². The van der Waals surface area contributed by atoms with Gasteiger partial charge >= 0.3 is 11.9 Å². The van der Waals surface area contributed by atoms with Gasteiger partial charge < -0.3 is 14.8 Å². The largest absolute Gasteiger partial charge is 0.497 e. The minimum Gasteiger partial charge on any atom is -0.497 e. The van der Waals surface area contributed by atoms with Gasteiger partial charge in [0, 0.05) is 30.6 Å². The van der Waals surface area contributed by atoms with Gasteiger partial charge in [0.2, 0.25) is 5.91 Å². The van der Waals surface area contributed by atoms with Gasteiger partial charge in [-0.3, -0.25) is 9.59 Å². The summed E-state index contributed by atoms with van der Waals surface area (Å²) in [6, 6.07) is 14.4. The van der Waals surface area contributed by atoms with Crippen LogP contribution in [0.4, 0.5) is 13.2 Å². The molecule has 1 aromatic heterocycles. The van der Waals surface area contributed by atoms with Crippen molar-refractivity contribution in [2.24, 2.45) is 5.92 Å². The number of Topliss-reactive ketones (excluding diaryl/α,β-unsaturated/α-hetero) is 1. The van der Waals surface area contributed by atoms with E-state index in [4.69, 9.17) is 9.47 Å². The number of carbonyl (C=O) groups excluding carboxylic acids is 2. The fourth-order valence-corrected chi connectivity index (χ4v) is 5.76. The zero-order valence-electron chi connectivity index (χ0n) is 25.8. The van der Waals surface area contributed by atoms with Crippen molar-refractivity contribution in [2.45, 2.75) is 89.7 Å². The maximum Gasteiger partial charge on any atom is 0.389 e. The van der Waals surface area contributed by atoms with Crippen molar-refractivity contribution in [3.05, 3.63) is 75.7 Å². The van der Waals surface area contributed by atoms with Crippen molar-refractivity contribution in [1.82, 2.24) is 25.1 Å². The number of halogens is 3. The van der Waals surface area contributed by atoms with Crippen LogP contribution in [0.2, 0.25) is 0 Å². The molecule has 244 valence electrons. The maximum absolute atomic E-state index is 13.4. The standard InChI is InChI=1S/C32H40F3N5O5/c1-22-5-9-24(10-6-22)28(41)19-31(2,25-11-15-27(16-12-25)45-18-4-17-32(33,34)35)36-29(42)21-40-30(43)39(37-38-40)20-23-7-13-26(44-3)14-8-23/h5-10,13-14,25,27H,4,11-12,15-21H2,1-3H3,(H,36,42)/t25?,27?,31-/m1/s1. The van der Waals surface area contributed by atoms with E-state index < -0.39 is 29.7 Å². The summed E-state index contributed by atoms with van der Waals surface area (Å²) in [5.74, 6) is -0.0464. The number of nitrogens with one attached hydrogen (secondary N) is 1. The van der Waals surface area contributed by atoms with Crippen LogP contribution >= 0.6 is 0 Å². The van der Waals surface area contributed by atoms with Gasteiger partial charge in [-0.15, -0.1) is 0 Å². The summed E-state index contributed by atoms with van der Waals surface area (Å²) in [4.78, 5) is 39.7. The summed E-state index contributed by atoms with van der Waals surface area (Å²) in [5.41, 5.74) is 0.837. The minimum absolute atomic E-state index is 0.0304. The molecule has 10 nitrogen and oxygen atoms in total. The number of ketones is 1. The van der Waals surface area contributed by atoms with Crippen LogP contribution < -0.4 is 15.7 Å². The van der Waals surface area contributed by atoms with Crippen LogP contribution in [0.25, 0.3) is 0 Å². The van der Waals surface area contributed by atoms with Crippen LogP contribution in [-0.2, 0) is 22.6 Å². The lowest BCUT2D eigenvalue weighted by molar-refractivity contribution is -0.139. The van der Waals surface area contributed by atoms with E-state index in [2.05, 4.69) is 15.7 Å². The molecule has 4 rings (SSSR count). The Balaban J connectivity index is 1.42. The summed E-state index contributed by atoms with van der Waals surface area (Å²) < 4.78 is 50.4. The van der Waals surface area contributed by atoms with E-state index in [0.29, 0.717) is 37.0 Å². The number of benzene rings is 2. The molecule has 0 spiro atoms. The van der Waals surface area contributed by atoms with Crippen molar-refractivity contribution in [3.63, 3.8) is 0 Å². The highest BCUT2D eigenvalue weighted by Gasteiger charge is 2.40. The summed E-state index contributed by atoms with van der Waals surface area (Å²) in [6.07, 6.45) is -2.91. The number of methoxy groups -OCH3 is 1. The highest BCUT2D eigenvalue weighted by molar-refractivity contribution is 5.97. The zero-order chi connectivity index (χ0) is 32.6. The summed E-state index contributed by atoms with van der Waals surface area (Å²) >= 11 is 0. The third-order valence-corrected chi connectivity index (χ3v) is 8.34.